The summed E-state index contributed by atoms with van der Waals surface area (Å²) in [4.78, 5) is 12.8. The van der Waals surface area contributed by atoms with Crippen molar-refractivity contribution in [2.75, 3.05) is 18.4 Å². The molecule has 31 heavy (non-hydrogen) atoms. The van der Waals surface area contributed by atoms with Crippen LogP contribution < -0.4 is 5.32 Å². The fraction of sp³-hybridized carbons (Fsp3) is 0.240. The van der Waals surface area contributed by atoms with Crippen LogP contribution >= 0.6 is 0 Å². The van der Waals surface area contributed by atoms with E-state index in [4.69, 9.17) is 0 Å². The van der Waals surface area contributed by atoms with Gasteiger partial charge in [0.1, 0.15) is 0 Å². The minimum absolute atomic E-state index is 0.181. The van der Waals surface area contributed by atoms with Crippen LogP contribution in [0, 0.1) is 0 Å². The lowest BCUT2D eigenvalue weighted by Crippen LogP contribution is -2.35. The topological polar surface area (TPSA) is 66.5 Å². The predicted molar refractivity (Wildman–Crippen MR) is 123 cm³/mol. The summed E-state index contributed by atoms with van der Waals surface area (Å²) in [6, 6.07) is 24.5. The molecule has 1 heterocycles. The van der Waals surface area contributed by atoms with Gasteiger partial charge in [0.15, 0.2) is 0 Å². The van der Waals surface area contributed by atoms with Crippen LogP contribution in [0.2, 0.25) is 0 Å². The largest absolute Gasteiger partial charge is 0.326 e. The van der Waals surface area contributed by atoms with E-state index in [9.17, 15) is 13.2 Å². The molecule has 4 rings (SSSR count). The molecule has 1 fully saturated rings. The Labute approximate surface area is 183 Å². The highest BCUT2D eigenvalue weighted by Crippen LogP contribution is 2.23. The van der Waals surface area contributed by atoms with Gasteiger partial charge in [-0.3, -0.25) is 4.79 Å². The number of carbonyl (C=O) groups excluding carboxylic acids is 1. The van der Waals surface area contributed by atoms with Crippen molar-refractivity contribution in [1.82, 2.24) is 4.31 Å². The lowest BCUT2D eigenvalue weighted by molar-refractivity contribution is -0.115. The number of sulfonamides is 1. The van der Waals surface area contributed by atoms with Gasteiger partial charge in [-0.2, -0.15) is 4.31 Å². The zero-order valence-corrected chi connectivity index (χ0v) is 18.1. The third-order valence-electron chi connectivity index (χ3n) is 5.50. The molecule has 1 aliphatic rings. The molecule has 0 unspecified atom stereocenters. The average Bonchev–Trinajstić information content (AvgIpc) is 2.81. The number of benzene rings is 3. The number of nitrogens with zero attached hydrogens (tertiary/aromatic N) is 1. The van der Waals surface area contributed by atoms with Crippen molar-refractivity contribution < 1.29 is 13.2 Å². The Kier molecular flexibility index (Phi) is 6.49. The third-order valence-corrected chi connectivity index (χ3v) is 7.39. The lowest BCUT2D eigenvalue weighted by atomic mass is 10.0. The Balaban J connectivity index is 1.41. The van der Waals surface area contributed by atoms with Crippen LogP contribution in [0.4, 0.5) is 5.69 Å². The van der Waals surface area contributed by atoms with Crippen molar-refractivity contribution in [3.8, 4) is 11.1 Å². The maximum absolute atomic E-state index is 12.9. The molecule has 160 valence electrons. The lowest BCUT2D eigenvalue weighted by Gasteiger charge is -2.26. The van der Waals surface area contributed by atoms with Crippen molar-refractivity contribution in [1.29, 1.82) is 0 Å². The summed E-state index contributed by atoms with van der Waals surface area (Å²) in [5.41, 5.74) is 3.61. The smallest absolute Gasteiger partial charge is 0.243 e. The number of anilines is 1. The van der Waals surface area contributed by atoms with Gasteiger partial charge in [0, 0.05) is 18.8 Å². The zero-order chi connectivity index (χ0) is 21.7. The first-order valence-electron chi connectivity index (χ1n) is 10.6. The normalized spacial score (nSPS) is 14.8. The summed E-state index contributed by atoms with van der Waals surface area (Å²) >= 11 is 0. The van der Waals surface area contributed by atoms with Crippen LogP contribution in [0.3, 0.4) is 0 Å². The number of amides is 1. The molecule has 0 spiro atoms. The molecule has 0 bridgehead atoms. The predicted octanol–water partition coefficient (Wildman–Crippen LogP) is 4.71. The molecule has 0 atom stereocenters. The Bertz CT molecular complexity index is 1140. The van der Waals surface area contributed by atoms with Crippen molar-refractivity contribution in [2.45, 2.75) is 30.6 Å². The Hall–Kier alpha value is -2.96. The SMILES string of the molecule is O=C(Cc1ccc(-c2ccccc2)cc1)Nc1cccc(S(=O)(=O)N2CCCCC2)c1. The second kappa shape index (κ2) is 9.45. The molecule has 1 N–H and O–H groups in total. The summed E-state index contributed by atoms with van der Waals surface area (Å²) in [5.74, 6) is -0.181. The number of piperidine rings is 1. The highest BCUT2D eigenvalue weighted by atomic mass is 32.2. The number of hydrogen-bond acceptors (Lipinski definition) is 3. The minimum Gasteiger partial charge on any atom is -0.326 e. The van der Waals surface area contributed by atoms with Gasteiger partial charge in [-0.15, -0.1) is 0 Å². The van der Waals surface area contributed by atoms with Gasteiger partial charge in [-0.05, 0) is 47.7 Å². The van der Waals surface area contributed by atoms with Gasteiger partial charge in [0.2, 0.25) is 15.9 Å². The Morgan fingerprint density at radius 2 is 1.48 bits per heavy atom. The summed E-state index contributed by atoms with van der Waals surface area (Å²) in [6.45, 7) is 1.11. The second-order valence-corrected chi connectivity index (χ2v) is 9.72. The number of hydrogen-bond donors (Lipinski definition) is 1. The fourth-order valence-corrected chi connectivity index (χ4v) is 5.39. The molecule has 3 aromatic rings. The number of rotatable bonds is 6. The molecule has 3 aromatic carbocycles. The van der Waals surface area contributed by atoms with E-state index < -0.39 is 10.0 Å². The van der Waals surface area contributed by atoms with Crippen LogP contribution in [0.15, 0.2) is 83.8 Å². The van der Waals surface area contributed by atoms with Crippen molar-refractivity contribution in [3.05, 3.63) is 84.4 Å². The Morgan fingerprint density at radius 3 is 2.19 bits per heavy atom. The molecular weight excluding hydrogens is 408 g/mol. The van der Waals surface area contributed by atoms with Gasteiger partial charge in [-0.25, -0.2) is 8.42 Å². The van der Waals surface area contributed by atoms with E-state index in [0.717, 1.165) is 36.0 Å². The first kappa shape index (κ1) is 21.3. The van der Waals surface area contributed by atoms with Crippen LogP contribution in [0.1, 0.15) is 24.8 Å². The summed E-state index contributed by atoms with van der Waals surface area (Å²) in [5, 5.41) is 2.83. The van der Waals surface area contributed by atoms with Crippen molar-refractivity contribution >= 4 is 21.6 Å². The van der Waals surface area contributed by atoms with E-state index in [1.165, 1.54) is 4.31 Å². The van der Waals surface area contributed by atoms with E-state index >= 15 is 0 Å². The monoisotopic (exact) mass is 434 g/mol. The van der Waals surface area contributed by atoms with E-state index in [2.05, 4.69) is 5.32 Å². The maximum Gasteiger partial charge on any atom is 0.243 e. The van der Waals surface area contributed by atoms with Crippen LogP contribution in [-0.2, 0) is 21.2 Å². The fourth-order valence-electron chi connectivity index (χ4n) is 3.82. The zero-order valence-electron chi connectivity index (χ0n) is 17.3. The first-order valence-corrected chi connectivity index (χ1v) is 12.0. The van der Waals surface area contributed by atoms with Gasteiger partial charge >= 0.3 is 0 Å². The first-order chi connectivity index (χ1) is 15.0. The Morgan fingerprint density at radius 1 is 0.806 bits per heavy atom. The highest BCUT2D eigenvalue weighted by molar-refractivity contribution is 7.89. The summed E-state index contributed by atoms with van der Waals surface area (Å²) < 4.78 is 27.3. The van der Waals surface area contributed by atoms with E-state index in [0.29, 0.717) is 18.8 Å². The van der Waals surface area contributed by atoms with Gasteiger partial charge in [0.05, 0.1) is 11.3 Å². The van der Waals surface area contributed by atoms with Crippen LogP contribution in [0.5, 0.6) is 0 Å². The quantitative estimate of drug-likeness (QED) is 0.611. The van der Waals surface area contributed by atoms with E-state index in [1.807, 2.05) is 54.6 Å². The summed E-state index contributed by atoms with van der Waals surface area (Å²) in [7, 11) is -3.53. The van der Waals surface area contributed by atoms with Gasteiger partial charge in [-0.1, -0.05) is 67.1 Å². The van der Waals surface area contributed by atoms with E-state index in [1.54, 1.807) is 24.3 Å². The molecule has 6 heteroatoms. The van der Waals surface area contributed by atoms with Crippen molar-refractivity contribution in [2.24, 2.45) is 0 Å². The maximum atomic E-state index is 12.9. The standard InChI is InChI=1S/C25H26N2O3S/c28-25(18-20-12-14-22(15-13-20)21-8-3-1-4-9-21)26-23-10-7-11-24(19-23)31(29,30)27-16-5-2-6-17-27/h1,3-4,7-15,19H,2,5-6,16-18H2,(H,26,28). The molecular formula is C25H26N2O3S. The number of nitrogens with one attached hydrogen (secondary N) is 1. The van der Waals surface area contributed by atoms with Gasteiger partial charge in [0.25, 0.3) is 0 Å². The molecule has 0 aliphatic carbocycles. The average molecular weight is 435 g/mol. The third kappa shape index (κ3) is 5.21. The molecule has 1 saturated heterocycles. The molecule has 0 radical (unpaired) electrons. The summed E-state index contributed by atoms with van der Waals surface area (Å²) in [6.07, 6.45) is 3.06. The van der Waals surface area contributed by atoms with E-state index in [-0.39, 0.29) is 17.2 Å². The molecule has 1 amide bonds. The second-order valence-electron chi connectivity index (χ2n) is 7.78. The van der Waals surface area contributed by atoms with Gasteiger partial charge < -0.3 is 5.32 Å². The van der Waals surface area contributed by atoms with Crippen molar-refractivity contribution in [3.63, 3.8) is 0 Å². The van der Waals surface area contributed by atoms with Crippen LogP contribution in [0.25, 0.3) is 11.1 Å². The molecule has 0 saturated carbocycles. The van der Waals surface area contributed by atoms with Crippen LogP contribution in [-0.4, -0.2) is 31.7 Å². The molecule has 0 aromatic heterocycles. The highest BCUT2D eigenvalue weighted by Gasteiger charge is 2.26. The molecule has 1 aliphatic heterocycles. The minimum atomic E-state index is -3.53. The number of carbonyl (C=O) groups is 1. The molecule has 5 nitrogen and oxygen atoms in total.